The predicted molar refractivity (Wildman–Crippen MR) is 76.1 cm³/mol. The highest BCUT2D eigenvalue weighted by Gasteiger charge is 2.15. The summed E-state index contributed by atoms with van der Waals surface area (Å²) >= 11 is 0. The molecular formula is C13H18N4O4. The number of urea groups is 1. The number of hydrogen-bond acceptors (Lipinski definition) is 4. The van der Waals surface area contributed by atoms with Crippen LogP contribution in [0.4, 0.5) is 10.5 Å². The van der Waals surface area contributed by atoms with Crippen molar-refractivity contribution in [3.05, 3.63) is 24.0 Å². The molecule has 0 aliphatic heterocycles. The van der Waals surface area contributed by atoms with Gasteiger partial charge in [0, 0.05) is 12.7 Å². The minimum Gasteiger partial charge on any atom is -0.478 e. The molecular weight excluding hydrogens is 276 g/mol. The van der Waals surface area contributed by atoms with Gasteiger partial charge < -0.3 is 21.1 Å². The molecule has 1 rings (SSSR count). The average molecular weight is 294 g/mol. The lowest BCUT2D eigenvalue weighted by molar-refractivity contribution is -0.122. The maximum absolute atomic E-state index is 11.7. The number of carboxylic acids is 1. The first kappa shape index (κ1) is 16.4. The fourth-order valence-electron chi connectivity index (χ4n) is 1.46. The number of nitrogens with one attached hydrogen (secondary N) is 3. The van der Waals surface area contributed by atoms with Gasteiger partial charge in [-0.2, -0.15) is 0 Å². The third-order valence-corrected chi connectivity index (χ3v) is 2.53. The van der Waals surface area contributed by atoms with Gasteiger partial charge in [-0.05, 0) is 19.4 Å². The van der Waals surface area contributed by atoms with Crippen LogP contribution in [0.3, 0.4) is 0 Å². The van der Waals surface area contributed by atoms with Crippen molar-refractivity contribution in [2.45, 2.75) is 26.3 Å². The molecule has 0 saturated heterocycles. The van der Waals surface area contributed by atoms with Gasteiger partial charge in [-0.15, -0.1) is 0 Å². The average Bonchev–Trinajstić information content (AvgIpc) is 2.44. The smallest absolute Gasteiger partial charge is 0.337 e. The first-order valence-electron chi connectivity index (χ1n) is 6.47. The number of rotatable bonds is 6. The van der Waals surface area contributed by atoms with Crippen LogP contribution in [-0.2, 0) is 4.79 Å². The lowest BCUT2D eigenvalue weighted by atomic mass is 10.2. The third-order valence-electron chi connectivity index (χ3n) is 2.53. The number of aromatic nitrogens is 1. The zero-order chi connectivity index (χ0) is 15.8. The van der Waals surface area contributed by atoms with E-state index in [1.165, 1.54) is 18.5 Å². The summed E-state index contributed by atoms with van der Waals surface area (Å²) in [7, 11) is 0. The van der Waals surface area contributed by atoms with E-state index >= 15 is 0 Å². The number of hydrogen-bond donors (Lipinski definition) is 4. The topological polar surface area (TPSA) is 120 Å². The molecule has 0 saturated carbocycles. The van der Waals surface area contributed by atoms with E-state index in [0.29, 0.717) is 6.54 Å². The summed E-state index contributed by atoms with van der Waals surface area (Å²) in [6.07, 6.45) is 3.29. The zero-order valence-corrected chi connectivity index (χ0v) is 11.8. The van der Waals surface area contributed by atoms with Crippen molar-refractivity contribution in [2.75, 3.05) is 11.9 Å². The number of anilines is 1. The molecule has 4 N–H and O–H groups in total. The lowest BCUT2D eigenvalue weighted by Crippen LogP contribution is -2.46. The van der Waals surface area contributed by atoms with Crippen LogP contribution in [0.15, 0.2) is 18.5 Å². The van der Waals surface area contributed by atoms with Crippen molar-refractivity contribution in [3.63, 3.8) is 0 Å². The van der Waals surface area contributed by atoms with Crippen LogP contribution in [0.5, 0.6) is 0 Å². The monoisotopic (exact) mass is 294 g/mol. The van der Waals surface area contributed by atoms with Gasteiger partial charge >= 0.3 is 12.0 Å². The molecule has 1 aromatic rings. The van der Waals surface area contributed by atoms with Crippen LogP contribution in [0, 0.1) is 0 Å². The largest absolute Gasteiger partial charge is 0.478 e. The molecule has 0 fully saturated rings. The van der Waals surface area contributed by atoms with E-state index in [1.807, 2.05) is 6.92 Å². The van der Waals surface area contributed by atoms with Crippen LogP contribution in [0.1, 0.15) is 30.6 Å². The Hall–Kier alpha value is -2.64. The van der Waals surface area contributed by atoms with Gasteiger partial charge in [0.15, 0.2) is 0 Å². The summed E-state index contributed by atoms with van der Waals surface area (Å²) in [4.78, 5) is 37.8. The van der Waals surface area contributed by atoms with E-state index in [9.17, 15) is 14.4 Å². The van der Waals surface area contributed by atoms with E-state index in [1.54, 1.807) is 6.92 Å². The highest BCUT2D eigenvalue weighted by molar-refractivity contribution is 5.95. The van der Waals surface area contributed by atoms with Crippen molar-refractivity contribution in [3.8, 4) is 0 Å². The Labute approximate surface area is 121 Å². The van der Waals surface area contributed by atoms with Crippen LogP contribution in [-0.4, -0.2) is 40.6 Å². The number of aromatic carboxylic acids is 1. The van der Waals surface area contributed by atoms with Crippen LogP contribution < -0.4 is 16.0 Å². The molecule has 0 aliphatic carbocycles. The fourth-order valence-corrected chi connectivity index (χ4v) is 1.46. The van der Waals surface area contributed by atoms with Gasteiger partial charge in [-0.25, -0.2) is 9.59 Å². The van der Waals surface area contributed by atoms with Crippen molar-refractivity contribution < 1.29 is 19.5 Å². The van der Waals surface area contributed by atoms with Crippen LogP contribution in [0.2, 0.25) is 0 Å². The first-order valence-corrected chi connectivity index (χ1v) is 6.47. The van der Waals surface area contributed by atoms with Crippen molar-refractivity contribution in [1.82, 2.24) is 15.6 Å². The second kappa shape index (κ2) is 7.83. The van der Waals surface area contributed by atoms with Gasteiger partial charge in [0.1, 0.15) is 6.04 Å². The number of carboxylic acid groups (broad SMARTS) is 1. The maximum atomic E-state index is 11.7. The number of carbonyl (C=O) groups excluding carboxylic acids is 2. The Bertz CT molecular complexity index is 533. The van der Waals surface area contributed by atoms with E-state index in [0.717, 1.165) is 6.42 Å². The molecule has 1 atom stereocenters. The first-order chi connectivity index (χ1) is 9.93. The molecule has 0 aliphatic rings. The van der Waals surface area contributed by atoms with Gasteiger partial charge in [-0.3, -0.25) is 9.78 Å². The third kappa shape index (κ3) is 5.47. The van der Waals surface area contributed by atoms with E-state index in [4.69, 9.17) is 5.11 Å². The Balaban J connectivity index is 2.55. The lowest BCUT2D eigenvalue weighted by Gasteiger charge is -2.14. The zero-order valence-electron chi connectivity index (χ0n) is 11.8. The normalized spacial score (nSPS) is 11.3. The Kier molecular flexibility index (Phi) is 6.12. The number of amides is 3. The highest BCUT2D eigenvalue weighted by atomic mass is 16.4. The molecule has 0 aromatic carbocycles. The summed E-state index contributed by atoms with van der Waals surface area (Å²) in [5.41, 5.74) is 0.190. The molecule has 0 bridgehead atoms. The van der Waals surface area contributed by atoms with Crippen molar-refractivity contribution in [1.29, 1.82) is 0 Å². The molecule has 114 valence electrons. The van der Waals surface area contributed by atoms with E-state index in [-0.39, 0.29) is 17.2 Å². The molecule has 0 spiro atoms. The number of pyridine rings is 1. The van der Waals surface area contributed by atoms with E-state index in [2.05, 4.69) is 20.9 Å². The van der Waals surface area contributed by atoms with Crippen molar-refractivity contribution in [2.24, 2.45) is 0 Å². The Morgan fingerprint density at radius 1 is 1.33 bits per heavy atom. The second-order valence-corrected chi connectivity index (χ2v) is 4.38. The van der Waals surface area contributed by atoms with Crippen molar-refractivity contribution >= 4 is 23.6 Å². The van der Waals surface area contributed by atoms with Crippen LogP contribution >= 0.6 is 0 Å². The summed E-state index contributed by atoms with van der Waals surface area (Å²) < 4.78 is 0. The molecule has 3 amide bonds. The van der Waals surface area contributed by atoms with E-state index < -0.39 is 18.0 Å². The molecule has 8 nitrogen and oxygen atoms in total. The SMILES string of the molecule is CCCNC(=O)C(C)NC(=O)Nc1cncc(C(=O)O)c1. The molecule has 1 unspecified atom stereocenters. The minimum absolute atomic E-state index is 0.0402. The van der Waals surface area contributed by atoms with Gasteiger partial charge in [0.2, 0.25) is 5.91 Å². The van der Waals surface area contributed by atoms with Crippen LogP contribution in [0.25, 0.3) is 0 Å². The summed E-state index contributed by atoms with van der Waals surface area (Å²) in [5, 5.41) is 16.3. The molecule has 1 aromatic heterocycles. The quantitative estimate of drug-likeness (QED) is 0.619. The molecule has 0 radical (unpaired) electrons. The number of carbonyl (C=O) groups is 3. The minimum atomic E-state index is -1.14. The van der Waals surface area contributed by atoms with Gasteiger partial charge in [0.05, 0.1) is 17.4 Å². The predicted octanol–water partition coefficient (Wildman–Crippen LogP) is 0.816. The van der Waals surface area contributed by atoms with Gasteiger partial charge in [0.25, 0.3) is 0 Å². The molecule has 21 heavy (non-hydrogen) atoms. The Morgan fingerprint density at radius 3 is 2.67 bits per heavy atom. The maximum Gasteiger partial charge on any atom is 0.337 e. The second-order valence-electron chi connectivity index (χ2n) is 4.38. The summed E-state index contributed by atoms with van der Waals surface area (Å²) in [6, 6.07) is -0.0397. The standard InChI is InChI=1S/C13H18N4O4/c1-3-4-15-11(18)8(2)16-13(21)17-10-5-9(12(19)20)6-14-7-10/h5-8H,3-4H2,1-2H3,(H,15,18)(H,19,20)(H2,16,17,21). The molecule has 8 heteroatoms. The highest BCUT2D eigenvalue weighted by Crippen LogP contribution is 2.08. The Morgan fingerprint density at radius 2 is 2.05 bits per heavy atom. The molecule has 1 heterocycles. The summed E-state index contributed by atoms with van der Waals surface area (Å²) in [5.74, 6) is -1.43. The number of nitrogens with zero attached hydrogens (tertiary/aromatic N) is 1. The van der Waals surface area contributed by atoms with Gasteiger partial charge in [-0.1, -0.05) is 6.92 Å². The summed E-state index contributed by atoms with van der Waals surface area (Å²) in [6.45, 7) is 4.01. The fraction of sp³-hybridized carbons (Fsp3) is 0.385.